The predicted octanol–water partition coefficient (Wildman–Crippen LogP) is 2.30. The maximum Gasteiger partial charge on any atom is 0.251 e. The highest BCUT2D eigenvalue weighted by Gasteiger charge is 2.18. The Bertz CT molecular complexity index is 745. The van der Waals surface area contributed by atoms with Crippen LogP contribution in [0.1, 0.15) is 17.3 Å². The highest BCUT2D eigenvalue weighted by molar-refractivity contribution is 7.14. The van der Waals surface area contributed by atoms with Crippen LogP contribution in [0.3, 0.4) is 0 Å². The molecule has 0 unspecified atom stereocenters. The minimum absolute atomic E-state index is 0.294. The van der Waals surface area contributed by atoms with Crippen molar-refractivity contribution in [2.45, 2.75) is 13.0 Å². The zero-order chi connectivity index (χ0) is 17.7. The van der Waals surface area contributed by atoms with Gasteiger partial charge in [-0.1, -0.05) is 0 Å². The minimum atomic E-state index is -0.580. The first-order valence-corrected chi connectivity index (χ1v) is 8.01. The van der Waals surface area contributed by atoms with Gasteiger partial charge in [0.1, 0.15) is 22.5 Å². The molecule has 1 atom stereocenters. The molecule has 0 bridgehead atoms. The molecule has 0 saturated carbocycles. The van der Waals surface area contributed by atoms with Gasteiger partial charge in [-0.05, 0) is 30.5 Å². The number of amides is 2. The molecule has 2 rings (SSSR count). The molecule has 7 nitrogen and oxygen atoms in total. The van der Waals surface area contributed by atoms with Gasteiger partial charge in [0.2, 0.25) is 5.91 Å². The number of methoxy groups -OCH3 is 2. The summed E-state index contributed by atoms with van der Waals surface area (Å²) in [4.78, 5) is 23.6. The van der Waals surface area contributed by atoms with E-state index in [4.69, 9.17) is 15.2 Å². The van der Waals surface area contributed by atoms with E-state index in [1.165, 1.54) is 18.4 Å². The summed E-state index contributed by atoms with van der Waals surface area (Å²) < 4.78 is 10.4. The lowest BCUT2D eigenvalue weighted by molar-refractivity contribution is -0.116. The van der Waals surface area contributed by atoms with E-state index in [2.05, 4.69) is 10.6 Å². The van der Waals surface area contributed by atoms with E-state index in [0.717, 1.165) is 0 Å². The highest BCUT2D eigenvalue weighted by Crippen LogP contribution is 2.30. The van der Waals surface area contributed by atoms with Crippen molar-refractivity contribution in [1.29, 1.82) is 0 Å². The molecular weight excluding hydrogens is 330 g/mol. The Morgan fingerprint density at radius 2 is 1.96 bits per heavy atom. The first kappa shape index (κ1) is 17.6. The Labute approximate surface area is 143 Å². The summed E-state index contributed by atoms with van der Waals surface area (Å²) in [6.45, 7) is 1.70. The molecule has 1 heterocycles. The highest BCUT2D eigenvalue weighted by atomic mass is 32.1. The van der Waals surface area contributed by atoms with Gasteiger partial charge in [-0.2, -0.15) is 0 Å². The third-order valence-electron chi connectivity index (χ3n) is 3.34. The van der Waals surface area contributed by atoms with Crippen LogP contribution < -0.4 is 25.8 Å². The molecule has 0 saturated heterocycles. The lowest BCUT2D eigenvalue weighted by Crippen LogP contribution is -2.32. The molecule has 128 valence electrons. The van der Waals surface area contributed by atoms with Gasteiger partial charge < -0.3 is 25.8 Å². The van der Waals surface area contributed by atoms with Crippen molar-refractivity contribution < 1.29 is 19.1 Å². The second-order valence-electron chi connectivity index (χ2n) is 4.95. The number of primary amides is 1. The van der Waals surface area contributed by atoms with E-state index in [9.17, 15) is 9.59 Å². The quantitative estimate of drug-likeness (QED) is 0.712. The number of ether oxygens (including phenoxy) is 2. The average molecular weight is 349 g/mol. The molecule has 4 N–H and O–H groups in total. The van der Waals surface area contributed by atoms with Gasteiger partial charge in [-0.25, -0.2) is 0 Å². The van der Waals surface area contributed by atoms with E-state index < -0.39 is 11.9 Å². The first-order chi connectivity index (χ1) is 11.5. The maximum absolute atomic E-state index is 12.3. The molecule has 24 heavy (non-hydrogen) atoms. The lowest BCUT2D eigenvalue weighted by atomic mass is 10.2. The van der Waals surface area contributed by atoms with Crippen LogP contribution in [-0.2, 0) is 4.79 Å². The SMILES string of the molecule is COc1ccc(N[C@H](C)C(=O)Nc2sccc2C(N)=O)c(OC)c1. The number of hydrogen-bond acceptors (Lipinski definition) is 6. The van der Waals surface area contributed by atoms with Gasteiger partial charge in [0.05, 0.1) is 25.5 Å². The number of nitrogens with one attached hydrogen (secondary N) is 2. The van der Waals surface area contributed by atoms with Crippen LogP contribution in [0, 0.1) is 0 Å². The van der Waals surface area contributed by atoms with Crippen LogP contribution in [0.5, 0.6) is 11.5 Å². The van der Waals surface area contributed by atoms with E-state index in [1.807, 2.05) is 0 Å². The van der Waals surface area contributed by atoms with Crippen LogP contribution in [0.25, 0.3) is 0 Å². The fourth-order valence-corrected chi connectivity index (χ4v) is 2.83. The number of carbonyl (C=O) groups is 2. The van der Waals surface area contributed by atoms with Crippen LogP contribution in [0.4, 0.5) is 10.7 Å². The van der Waals surface area contributed by atoms with Crippen LogP contribution in [0.15, 0.2) is 29.6 Å². The first-order valence-electron chi connectivity index (χ1n) is 7.13. The van der Waals surface area contributed by atoms with Crippen molar-refractivity contribution in [3.8, 4) is 11.5 Å². The van der Waals surface area contributed by atoms with Gasteiger partial charge in [0.15, 0.2) is 0 Å². The molecule has 1 aromatic heterocycles. The van der Waals surface area contributed by atoms with Crippen molar-refractivity contribution in [3.63, 3.8) is 0 Å². The molecule has 1 aromatic carbocycles. The molecule has 2 amide bonds. The van der Waals surface area contributed by atoms with Crippen molar-refractivity contribution in [1.82, 2.24) is 0 Å². The Hall–Kier alpha value is -2.74. The molecule has 0 spiro atoms. The number of hydrogen-bond donors (Lipinski definition) is 3. The molecule has 0 fully saturated rings. The second kappa shape index (κ2) is 7.69. The number of benzene rings is 1. The Balaban J connectivity index is 2.09. The molecule has 0 aliphatic heterocycles. The summed E-state index contributed by atoms with van der Waals surface area (Å²) in [6, 6.07) is 6.27. The van der Waals surface area contributed by atoms with E-state index in [0.29, 0.717) is 27.8 Å². The lowest BCUT2D eigenvalue weighted by Gasteiger charge is -2.17. The molecule has 8 heteroatoms. The number of rotatable bonds is 7. The van der Waals surface area contributed by atoms with Gasteiger partial charge >= 0.3 is 0 Å². The topological polar surface area (TPSA) is 103 Å². The number of nitrogens with two attached hydrogens (primary N) is 1. The standard InChI is InChI=1S/C16H19N3O4S/c1-9(15(21)19-16-11(14(17)20)6-7-24-16)18-12-5-4-10(22-2)8-13(12)23-3/h4-9,18H,1-3H3,(H2,17,20)(H,19,21)/t9-/m1/s1. The summed E-state index contributed by atoms with van der Waals surface area (Å²) >= 11 is 1.24. The minimum Gasteiger partial charge on any atom is -0.497 e. The second-order valence-corrected chi connectivity index (χ2v) is 5.87. The van der Waals surface area contributed by atoms with E-state index >= 15 is 0 Å². The summed E-state index contributed by atoms with van der Waals surface area (Å²) in [5, 5.41) is 7.90. The fraction of sp³-hybridized carbons (Fsp3) is 0.250. The molecule has 2 aromatic rings. The smallest absolute Gasteiger partial charge is 0.251 e. The molecule has 0 radical (unpaired) electrons. The van der Waals surface area contributed by atoms with Gasteiger partial charge in [0.25, 0.3) is 5.91 Å². The average Bonchev–Trinajstić information content (AvgIpc) is 3.03. The Morgan fingerprint density at radius 1 is 1.21 bits per heavy atom. The molecule has 0 aliphatic rings. The number of thiophene rings is 1. The number of anilines is 2. The van der Waals surface area contributed by atoms with Crippen molar-refractivity contribution >= 4 is 33.8 Å². The largest absolute Gasteiger partial charge is 0.497 e. The van der Waals surface area contributed by atoms with Crippen LogP contribution >= 0.6 is 11.3 Å². The third kappa shape index (κ3) is 3.96. The number of carbonyl (C=O) groups excluding carboxylic acids is 2. The van der Waals surface area contributed by atoms with Gasteiger partial charge in [0, 0.05) is 6.07 Å². The molecule has 0 aliphatic carbocycles. The Kier molecular flexibility index (Phi) is 5.64. The Morgan fingerprint density at radius 3 is 2.58 bits per heavy atom. The van der Waals surface area contributed by atoms with Crippen molar-refractivity contribution in [2.24, 2.45) is 5.73 Å². The molecular formula is C16H19N3O4S. The normalized spacial score (nSPS) is 11.5. The van der Waals surface area contributed by atoms with Crippen molar-refractivity contribution in [3.05, 3.63) is 35.2 Å². The van der Waals surface area contributed by atoms with Gasteiger partial charge in [-0.15, -0.1) is 11.3 Å². The van der Waals surface area contributed by atoms with Crippen LogP contribution in [-0.4, -0.2) is 32.1 Å². The summed E-state index contributed by atoms with van der Waals surface area (Å²) in [6.07, 6.45) is 0. The monoisotopic (exact) mass is 349 g/mol. The van der Waals surface area contributed by atoms with E-state index in [-0.39, 0.29) is 5.91 Å². The van der Waals surface area contributed by atoms with E-state index in [1.54, 1.807) is 43.7 Å². The zero-order valence-corrected chi connectivity index (χ0v) is 14.4. The third-order valence-corrected chi connectivity index (χ3v) is 4.17. The predicted molar refractivity (Wildman–Crippen MR) is 94.1 cm³/mol. The van der Waals surface area contributed by atoms with Crippen molar-refractivity contribution in [2.75, 3.05) is 24.9 Å². The maximum atomic E-state index is 12.3. The van der Waals surface area contributed by atoms with Crippen LogP contribution in [0.2, 0.25) is 0 Å². The summed E-state index contributed by atoms with van der Waals surface area (Å²) in [5.74, 6) is 0.337. The summed E-state index contributed by atoms with van der Waals surface area (Å²) in [7, 11) is 3.10. The fourth-order valence-electron chi connectivity index (χ4n) is 2.04. The zero-order valence-electron chi connectivity index (χ0n) is 13.6. The van der Waals surface area contributed by atoms with Gasteiger partial charge in [-0.3, -0.25) is 9.59 Å². The summed E-state index contributed by atoms with van der Waals surface area (Å²) in [5.41, 5.74) is 6.22.